The summed E-state index contributed by atoms with van der Waals surface area (Å²) in [5, 5.41) is 9.52. The molecule has 5 nitrogen and oxygen atoms in total. The van der Waals surface area contributed by atoms with Crippen molar-refractivity contribution in [3.05, 3.63) is 11.4 Å². The molecule has 1 rings (SSSR count). The normalized spacial score (nSPS) is 9.00. The maximum atomic E-state index is 10.6. The van der Waals surface area contributed by atoms with Crippen molar-refractivity contribution in [2.45, 2.75) is 13.5 Å². The first-order valence-electron chi connectivity index (χ1n) is 3.26. The summed E-state index contributed by atoms with van der Waals surface area (Å²) in [7, 11) is 0. The van der Waals surface area contributed by atoms with E-state index in [1.165, 1.54) is 0 Å². The van der Waals surface area contributed by atoms with Crippen LogP contribution in [0.2, 0.25) is 0 Å². The average Bonchev–Trinajstić information content (AvgIpc) is 2.47. The summed E-state index contributed by atoms with van der Waals surface area (Å²) in [6.45, 7) is 1.98. The summed E-state index contributed by atoms with van der Waals surface area (Å²) in [6, 6.07) is 0. The topological polar surface area (TPSA) is 68.0 Å². The molecule has 1 heterocycles. The number of carbonyl (C=O) groups excluding carboxylic acids is 1. The first kappa shape index (κ1) is 8.27. The summed E-state index contributed by atoms with van der Waals surface area (Å²) < 4.78 is 4.41. The van der Waals surface area contributed by atoms with Crippen LogP contribution >= 0.6 is 0 Å². The molecule has 12 heavy (non-hydrogen) atoms. The largest absolute Gasteiger partial charge is 0.339 e. The third-order valence-electron chi connectivity index (χ3n) is 1.29. The number of hydrogen-bond acceptors (Lipinski definition) is 4. The van der Waals surface area contributed by atoms with Gasteiger partial charge in [0.25, 0.3) is 5.91 Å². The molecule has 1 aromatic rings. The van der Waals surface area contributed by atoms with Gasteiger partial charge in [0, 0.05) is 0 Å². The van der Waals surface area contributed by atoms with Gasteiger partial charge in [-0.05, 0) is 12.8 Å². The van der Waals surface area contributed by atoms with Gasteiger partial charge < -0.3 is 5.32 Å². The highest BCUT2D eigenvalue weighted by Gasteiger charge is 2.04. The third-order valence-corrected chi connectivity index (χ3v) is 1.29. The Hall–Kier alpha value is -1.83. The van der Waals surface area contributed by atoms with E-state index in [9.17, 15) is 4.79 Å². The first-order chi connectivity index (χ1) is 5.74. The van der Waals surface area contributed by atoms with E-state index in [2.05, 4.69) is 20.3 Å². The minimum atomic E-state index is -0.475. The van der Waals surface area contributed by atoms with Gasteiger partial charge >= 0.3 is 0 Å². The van der Waals surface area contributed by atoms with Crippen molar-refractivity contribution in [3.63, 3.8) is 0 Å². The molecule has 1 aromatic heterocycles. The second-order valence-corrected chi connectivity index (χ2v) is 2.12. The van der Waals surface area contributed by atoms with Gasteiger partial charge in [0.15, 0.2) is 0 Å². The molecule has 5 heteroatoms. The predicted octanol–water partition coefficient (Wildman–Crippen LogP) is -0.373. The van der Waals surface area contributed by atoms with E-state index in [1.807, 2.05) is 5.92 Å². The van der Waals surface area contributed by atoms with Crippen LogP contribution in [0.15, 0.2) is 4.63 Å². The standard InChI is InChI=1S/C7H7N3O2/c1-3-7(11)8-4-6-5(2)9-12-10-6/h1H,4H2,2H3,(H,8,11). The zero-order valence-corrected chi connectivity index (χ0v) is 6.50. The molecular formula is C7H7N3O2. The molecule has 0 atom stereocenters. The minimum Gasteiger partial charge on any atom is -0.339 e. The summed E-state index contributed by atoms with van der Waals surface area (Å²) in [4.78, 5) is 10.6. The Morgan fingerprint density at radius 2 is 2.50 bits per heavy atom. The number of aromatic nitrogens is 2. The van der Waals surface area contributed by atoms with Gasteiger partial charge in [-0.25, -0.2) is 4.63 Å². The highest BCUT2D eigenvalue weighted by atomic mass is 16.6. The molecule has 0 bridgehead atoms. The molecule has 0 spiro atoms. The van der Waals surface area contributed by atoms with Gasteiger partial charge in [0.2, 0.25) is 0 Å². The van der Waals surface area contributed by atoms with Crippen molar-refractivity contribution in [1.29, 1.82) is 0 Å². The smallest absolute Gasteiger partial charge is 0.295 e. The van der Waals surface area contributed by atoms with Crippen molar-refractivity contribution in [1.82, 2.24) is 15.6 Å². The Kier molecular flexibility index (Phi) is 2.43. The van der Waals surface area contributed by atoms with Gasteiger partial charge in [-0.2, -0.15) is 0 Å². The number of nitrogens with zero attached hydrogens (tertiary/aromatic N) is 2. The van der Waals surface area contributed by atoms with E-state index < -0.39 is 5.91 Å². The number of amides is 1. The second kappa shape index (κ2) is 3.53. The molecule has 0 unspecified atom stereocenters. The third kappa shape index (κ3) is 1.83. The lowest BCUT2D eigenvalue weighted by molar-refractivity contribution is -0.115. The second-order valence-electron chi connectivity index (χ2n) is 2.12. The number of terminal acetylenes is 1. The van der Waals surface area contributed by atoms with Crippen molar-refractivity contribution < 1.29 is 9.42 Å². The summed E-state index contributed by atoms with van der Waals surface area (Å²) in [5.74, 6) is 1.44. The maximum absolute atomic E-state index is 10.6. The van der Waals surface area contributed by atoms with Crippen LogP contribution < -0.4 is 5.32 Å². The molecule has 0 fully saturated rings. The van der Waals surface area contributed by atoms with Crippen LogP contribution in [0.5, 0.6) is 0 Å². The van der Waals surface area contributed by atoms with Crippen LogP contribution in [0.25, 0.3) is 0 Å². The molecule has 1 N–H and O–H groups in total. The lowest BCUT2D eigenvalue weighted by Crippen LogP contribution is -2.21. The zero-order valence-electron chi connectivity index (χ0n) is 6.50. The first-order valence-corrected chi connectivity index (χ1v) is 3.26. The van der Waals surface area contributed by atoms with Crippen molar-refractivity contribution in [3.8, 4) is 12.3 Å². The monoisotopic (exact) mass is 165 g/mol. The van der Waals surface area contributed by atoms with E-state index in [0.29, 0.717) is 11.4 Å². The zero-order chi connectivity index (χ0) is 8.97. The molecule has 0 saturated heterocycles. The van der Waals surface area contributed by atoms with E-state index >= 15 is 0 Å². The molecule has 0 radical (unpaired) electrons. The molecule has 0 aliphatic heterocycles. The summed E-state index contributed by atoms with van der Waals surface area (Å²) >= 11 is 0. The van der Waals surface area contributed by atoms with Crippen LogP contribution in [0.3, 0.4) is 0 Å². The van der Waals surface area contributed by atoms with E-state index in [0.717, 1.165) is 0 Å². The van der Waals surface area contributed by atoms with Crippen LogP contribution in [-0.4, -0.2) is 16.2 Å². The highest BCUT2D eigenvalue weighted by molar-refractivity contribution is 5.92. The minimum absolute atomic E-state index is 0.248. The molecular weight excluding hydrogens is 158 g/mol. The lowest BCUT2D eigenvalue weighted by atomic mass is 10.3. The van der Waals surface area contributed by atoms with Gasteiger partial charge in [-0.3, -0.25) is 4.79 Å². The Morgan fingerprint density at radius 1 is 1.75 bits per heavy atom. The fourth-order valence-corrected chi connectivity index (χ4v) is 0.625. The van der Waals surface area contributed by atoms with Gasteiger partial charge in [-0.15, -0.1) is 6.42 Å². The Morgan fingerprint density at radius 3 is 3.00 bits per heavy atom. The SMILES string of the molecule is C#CC(=O)NCc1nonc1C. The van der Waals surface area contributed by atoms with Crippen LogP contribution in [0.4, 0.5) is 0 Å². The number of hydrogen-bond donors (Lipinski definition) is 1. The quantitative estimate of drug-likeness (QED) is 0.607. The van der Waals surface area contributed by atoms with Crippen molar-refractivity contribution in [2.24, 2.45) is 0 Å². The lowest BCUT2D eigenvalue weighted by Gasteiger charge is -1.94. The molecule has 0 aliphatic carbocycles. The van der Waals surface area contributed by atoms with Crippen molar-refractivity contribution >= 4 is 5.91 Å². The average molecular weight is 165 g/mol. The number of nitrogens with one attached hydrogen (secondary N) is 1. The Balaban J connectivity index is 2.50. The highest BCUT2D eigenvalue weighted by Crippen LogP contribution is 1.98. The van der Waals surface area contributed by atoms with Gasteiger partial charge in [0.1, 0.15) is 11.4 Å². The predicted molar refractivity (Wildman–Crippen MR) is 39.7 cm³/mol. The summed E-state index contributed by atoms with van der Waals surface area (Å²) in [6.07, 6.45) is 4.83. The fourth-order valence-electron chi connectivity index (χ4n) is 0.625. The number of carbonyl (C=O) groups is 1. The van der Waals surface area contributed by atoms with Crippen LogP contribution in [-0.2, 0) is 11.3 Å². The molecule has 0 saturated carbocycles. The summed E-state index contributed by atoms with van der Waals surface area (Å²) in [5.41, 5.74) is 1.23. The van der Waals surface area contributed by atoms with E-state index in [4.69, 9.17) is 6.42 Å². The van der Waals surface area contributed by atoms with Crippen LogP contribution in [0, 0.1) is 19.3 Å². The number of rotatable bonds is 2. The number of aryl methyl sites for hydroxylation is 1. The molecule has 1 amide bonds. The van der Waals surface area contributed by atoms with Crippen LogP contribution in [0.1, 0.15) is 11.4 Å². The Bertz CT molecular complexity index is 324. The van der Waals surface area contributed by atoms with Gasteiger partial charge in [-0.1, -0.05) is 10.3 Å². The fraction of sp³-hybridized carbons (Fsp3) is 0.286. The Labute approximate surface area is 69.1 Å². The van der Waals surface area contributed by atoms with Crippen molar-refractivity contribution in [2.75, 3.05) is 0 Å². The molecule has 0 aliphatic rings. The molecule has 0 aromatic carbocycles. The maximum Gasteiger partial charge on any atom is 0.295 e. The molecule has 62 valence electrons. The van der Waals surface area contributed by atoms with E-state index in [-0.39, 0.29) is 6.54 Å². The van der Waals surface area contributed by atoms with Gasteiger partial charge in [0.05, 0.1) is 6.54 Å². The van der Waals surface area contributed by atoms with E-state index in [1.54, 1.807) is 6.92 Å².